The monoisotopic (exact) mass is 235 g/mol. The van der Waals surface area contributed by atoms with Crippen LogP contribution in [0.1, 0.15) is 36.6 Å². The molecule has 0 aromatic heterocycles. The predicted octanol–water partition coefficient (Wildman–Crippen LogP) is 2.13. The summed E-state index contributed by atoms with van der Waals surface area (Å²) in [6, 6.07) is 4.62. The lowest BCUT2D eigenvalue weighted by Crippen LogP contribution is -2.30. The molecule has 0 bridgehead atoms. The van der Waals surface area contributed by atoms with Crippen molar-refractivity contribution in [3.63, 3.8) is 0 Å². The maximum Gasteiger partial charge on any atom is 0.125 e. The highest BCUT2D eigenvalue weighted by molar-refractivity contribution is 5.45. The molecule has 0 radical (unpaired) electrons. The van der Waals surface area contributed by atoms with E-state index in [2.05, 4.69) is 31.0 Å². The summed E-state index contributed by atoms with van der Waals surface area (Å²) in [7, 11) is 2.15. The summed E-state index contributed by atoms with van der Waals surface area (Å²) in [5.74, 6) is 0.830. The van der Waals surface area contributed by atoms with Gasteiger partial charge < -0.3 is 9.84 Å². The molecule has 1 atom stereocenters. The van der Waals surface area contributed by atoms with Gasteiger partial charge in [-0.3, -0.25) is 4.90 Å². The van der Waals surface area contributed by atoms with Crippen molar-refractivity contribution in [2.75, 3.05) is 20.2 Å². The number of hydrogen-bond acceptors (Lipinski definition) is 3. The van der Waals surface area contributed by atoms with E-state index >= 15 is 0 Å². The van der Waals surface area contributed by atoms with E-state index in [0.29, 0.717) is 12.6 Å². The van der Waals surface area contributed by atoms with E-state index in [0.717, 1.165) is 24.3 Å². The molecule has 0 fully saturated rings. The van der Waals surface area contributed by atoms with E-state index in [1.54, 1.807) is 0 Å². The molecule has 3 nitrogen and oxygen atoms in total. The molecule has 0 spiro atoms. The number of rotatable bonds is 3. The SMILES string of the molecule is CCOc1cc2c(cc1CO)CCN(C)C2C. The highest BCUT2D eigenvalue weighted by atomic mass is 16.5. The predicted molar refractivity (Wildman–Crippen MR) is 68.3 cm³/mol. The lowest BCUT2D eigenvalue weighted by molar-refractivity contribution is 0.242. The summed E-state index contributed by atoms with van der Waals surface area (Å²) in [4.78, 5) is 2.34. The Kier molecular flexibility index (Phi) is 3.69. The number of hydrogen-bond donors (Lipinski definition) is 1. The van der Waals surface area contributed by atoms with Gasteiger partial charge >= 0.3 is 0 Å². The van der Waals surface area contributed by atoms with Gasteiger partial charge in [-0.2, -0.15) is 0 Å². The molecule has 0 saturated carbocycles. The minimum atomic E-state index is 0.0484. The third-order valence-electron chi connectivity index (χ3n) is 3.64. The Morgan fingerprint density at radius 2 is 2.24 bits per heavy atom. The maximum atomic E-state index is 9.37. The Bertz CT molecular complexity index is 403. The maximum absolute atomic E-state index is 9.37. The van der Waals surface area contributed by atoms with Gasteiger partial charge in [-0.25, -0.2) is 0 Å². The quantitative estimate of drug-likeness (QED) is 0.871. The Morgan fingerprint density at radius 1 is 1.47 bits per heavy atom. The molecule has 1 unspecified atom stereocenters. The van der Waals surface area contributed by atoms with Gasteiger partial charge in [0.1, 0.15) is 5.75 Å². The number of nitrogens with zero attached hydrogens (tertiary/aromatic N) is 1. The summed E-state index contributed by atoms with van der Waals surface area (Å²) in [5, 5.41) is 9.37. The van der Waals surface area contributed by atoms with E-state index in [9.17, 15) is 5.11 Å². The molecule has 1 N–H and O–H groups in total. The number of fused-ring (bicyclic) bond motifs is 1. The Hall–Kier alpha value is -1.06. The van der Waals surface area contributed by atoms with Crippen molar-refractivity contribution in [2.24, 2.45) is 0 Å². The number of benzene rings is 1. The Labute approximate surface area is 103 Å². The van der Waals surface area contributed by atoms with Crippen LogP contribution in [0, 0.1) is 0 Å². The largest absolute Gasteiger partial charge is 0.493 e. The molecular weight excluding hydrogens is 214 g/mol. The molecule has 1 aliphatic heterocycles. The first-order valence-corrected chi connectivity index (χ1v) is 6.27. The fourth-order valence-corrected chi connectivity index (χ4v) is 2.44. The van der Waals surface area contributed by atoms with Crippen LogP contribution in [0.5, 0.6) is 5.75 Å². The van der Waals surface area contributed by atoms with Crippen LogP contribution in [0.2, 0.25) is 0 Å². The zero-order valence-electron chi connectivity index (χ0n) is 10.9. The Balaban J connectivity index is 2.43. The van der Waals surface area contributed by atoms with Crippen molar-refractivity contribution in [1.82, 2.24) is 4.90 Å². The van der Waals surface area contributed by atoms with Crippen LogP contribution in [0.25, 0.3) is 0 Å². The van der Waals surface area contributed by atoms with Crippen LogP contribution >= 0.6 is 0 Å². The second kappa shape index (κ2) is 5.07. The van der Waals surface area contributed by atoms with Crippen molar-refractivity contribution >= 4 is 0 Å². The van der Waals surface area contributed by atoms with E-state index in [-0.39, 0.29) is 6.61 Å². The van der Waals surface area contributed by atoms with Gasteiger partial charge in [-0.1, -0.05) is 0 Å². The molecule has 94 valence electrons. The second-order valence-electron chi connectivity index (χ2n) is 4.66. The number of aliphatic hydroxyl groups excluding tert-OH is 1. The standard InChI is InChI=1S/C14H21NO2/c1-4-17-14-8-13-10(2)15(3)6-5-11(13)7-12(14)9-16/h7-8,10,16H,4-6,9H2,1-3H3. The van der Waals surface area contributed by atoms with E-state index in [1.165, 1.54) is 11.1 Å². The molecular formula is C14H21NO2. The van der Waals surface area contributed by atoms with Crippen LogP contribution < -0.4 is 4.74 Å². The zero-order valence-corrected chi connectivity index (χ0v) is 10.9. The molecule has 0 saturated heterocycles. The average Bonchev–Trinajstić information content (AvgIpc) is 2.34. The molecule has 3 heteroatoms. The molecule has 2 rings (SSSR count). The number of aliphatic hydroxyl groups is 1. The van der Waals surface area contributed by atoms with Crippen LogP contribution in [-0.2, 0) is 13.0 Å². The third kappa shape index (κ3) is 2.31. The van der Waals surface area contributed by atoms with Crippen molar-refractivity contribution in [3.05, 3.63) is 28.8 Å². The van der Waals surface area contributed by atoms with E-state index in [4.69, 9.17) is 4.74 Å². The Morgan fingerprint density at radius 3 is 2.88 bits per heavy atom. The summed E-state index contributed by atoms with van der Waals surface area (Å²) < 4.78 is 5.60. The molecule has 1 aromatic rings. The highest BCUT2D eigenvalue weighted by Gasteiger charge is 2.22. The van der Waals surface area contributed by atoms with Crippen molar-refractivity contribution < 1.29 is 9.84 Å². The molecule has 0 amide bonds. The van der Waals surface area contributed by atoms with Gasteiger partial charge in [0.25, 0.3) is 0 Å². The normalized spacial score (nSPS) is 20.1. The van der Waals surface area contributed by atoms with Gasteiger partial charge in [0.2, 0.25) is 0 Å². The lowest BCUT2D eigenvalue weighted by atomic mass is 9.92. The smallest absolute Gasteiger partial charge is 0.125 e. The van der Waals surface area contributed by atoms with Crippen LogP contribution in [0.4, 0.5) is 0 Å². The second-order valence-corrected chi connectivity index (χ2v) is 4.66. The van der Waals surface area contributed by atoms with Crippen molar-refractivity contribution in [1.29, 1.82) is 0 Å². The number of likely N-dealkylation sites (N-methyl/N-ethyl adjacent to an activating group) is 1. The van der Waals surface area contributed by atoms with Crippen LogP contribution in [-0.4, -0.2) is 30.2 Å². The number of ether oxygens (including phenoxy) is 1. The lowest BCUT2D eigenvalue weighted by Gasteiger charge is -2.32. The summed E-state index contributed by atoms with van der Waals surface area (Å²) >= 11 is 0. The molecule has 17 heavy (non-hydrogen) atoms. The zero-order chi connectivity index (χ0) is 12.4. The van der Waals surface area contributed by atoms with Crippen LogP contribution in [0.3, 0.4) is 0 Å². The molecule has 0 aliphatic carbocycles. The summed E-state index contributed by atoms with van der Waals surface area (Å²) in [6.45, 7) is 5.94. The molecule has 1 aliphatic rings. The average molecular weight is 235 g/mol. The summed E-state index contributed by atoms with van der Waals surface area (Å²) in [6.07, 6.45) is 1.05. The van der Waals surface area contributed by atoms with E-state index in [1.807, 2.05) is 6.92 Å². The topological polar surface area (TPSA) is 32.7 Å². The minimum absolute atomic E-state index is 0.0484. The highest BCUT2D eigenvalue weighted by Crippen LogP contribution is 2.33. The van der Waals surface area contributed by atoms with Crippen molar-refractivity contribution in [2.45, 2.75) is 32.9 Å². The van der Waals surface area contributed by atoms with Gasteiger partial charge in [0.15, 0.2) is 0 Å². The third-order valence-corrected chi connectivity index (χ3v) is 3.64. The van der Waals surface area contributed by atoms with Crippen LogP contribution in [0.15, 0.2) is 12.1 Å². The fourth-order valence-electron chi connectivity index (χ4n) is 2.44. The first-order valence-electron chi connectivity index (χ1n) is 6.27. The van der Waals surface area contributed by atoms with Gasteiger partial charge in [-0.05, 0) is 50.6 Å². The van der Waals surface area contributed by atoms with Gasteiger partial charge in [0.05, 0.1) is 13.2 Å². The first-order chi connectivity index (χ1) is 8.17. The van der Waals surface area contributed by atoms with Gasteiger partial charge in [-0.15, -0.1) is 0 Å². The van der Waals surface area contributed by atoms with E-state index < -0.39 is 0 Å². The van der Waals surface area contributed by atoms with Crippen molar-refractivity contribution in [3.8, 4) is 5.75 Å². The molecule has 1 aromatic carbocycles. The summed E-state index contributed by atoms with van der Waals surface area (Å²) in [5.41, 5.74) is 3.59. The minimum Gasteiger partial charge on any atom is -0.493 e. The molecule has 1 heterocycles. The van der Waals surface area contributed by atoms with Gasteiger partial charge in [0, 0.05) is 18.2 Å². The fraction of sp³-hybridized carbons (Fsp3) is 0.571. The first kappa shape index (κ1) is 12.4.